The SMILES string of the molecule is O=C1NNCC(N2CCCN(CC3CCCCC3)CC2)C1Br. The Bertz CT molecular complexity index is 375. The number of rotatable bonds is 3. The van der Waals surface area contributed by atoms with Crippen LogP contribution in [0.2, 0.25) is 0 Å². The second-order valence-corrected chi connectivity index (χ2v) is 8.02. The molecule has 0 aromatic heterocycles. The maximum Gasteiger partial charge on any atom is 0.249 e. The number of amides is 1. The van der Waals surface area contributed by atoms with Gasteiger partial charge in [-0.1, -0.05) is 35.2 Å². The molecule has 126 valence electrons. The van der Waals surface area contributed by atoms with Crippen LogP contribution in [-0.4, -0.2) is 65.8 Å². The highest BCUT2D eigenvalue weighted by molar-refractivity contribution is 9.10. The fourth-order valence-corrected chi connectivity index (χ4v) is 4.78. The Balaban J connectivity index is 1.49. The van der Waals surface area contributed by atoms with Crippen LogP contribution < -0.4 is 10.9 Å². The first-order valence-corrected chi connectivity index (χ1v) is 9.79. The van der Waals surface area contributed by atoms with E-state index in [4.69, 9.17) is 0 Å². The van der Waals surface area contributed by atoms with E-state index in [1.807, 2.05) is 0 Å². The van der Waals surface area contributed by atoms with Gasteiger partial charge in [-0.15, -0.1) is 0 Å². The summed E-state index contributed by atoms with van der Waals surface area (Å²) in [6, 6.07) is 0.267. The van der Waals surface area contributed by atoms with Gasteiger partial charge in [0, 0.05) is 32.2 Å². The molecule has 2 heterocycles. The lowest BCUT2D eigenvalue weighted by molar-refractivity contribution is -0.124. The van der Waals surface area contributed by atoms with Crippen LogP contribution >= 0.6 is 15.9 Å². The lowest BCUT2D eigenvalue weighted by Crippen LogP contribution is -2.62. The van der Waals surface area contributed by atoms with E-state index in [1.54, 1.807) is 0 Å². The molecule has 0 bridgehead atoms. The zero-order valence-electron chi connectivity index (χ0n) is 13.4. The van der Waals surface area contributed by atoms with Crippen molar-refractivity contribution < 1.29 is 4.79 Å². The lowest BCUT2D eigenvalue weighted by Gasteiger charge is -2.36. The predicted octanol–water partition coefficient (Wildman–Crippen LogP) is 1.34. The van der Waals surface area contributed by atoms with Crippen molar-refractivity contribution in [1.29, 1.82) is 0 Å². The number of halogens is 1. The molecule has 2 unspecified atom stereocenters. The summed E-state index contributed by atoms with van der Waals surface area (Å²) in [4.78, 5) is 16.9. The summed E-state index contributed by atoms with van der Waals surface area (Å²) in [7, 11) is 0. The largest absolute Gasteiger partial charge is 0.302 e. The van der Waals surface area contributed by atoms with Crippen molar-refractivity contribution in [2.45, 2.75) is 49.4 Å². The van der Waals surface area contributed by atoms with Crippen LogP contribution in [0.25, 0.3) is 0 Å². The Labute approximate surface area is 142 Å². The van der Waals surface area contributed by atoms with Crippen molar-refractivity contribution in [3.8, 4) is 0 Å². The minimum Gasteiger partial charge on any atom is -0.302 e. The number of carbonyl (C=O) groups is 1. The molecule has 2 saturated heterocycles. The van der Waals surface area contributed by atoms with E-state index in [9.17, 15) is 4.79 Å². The highest BCUT2D eigenvalue weighted by atomic mass is 79.9. The molecule has 3 aliphatic rings. The second kappa shape index (κ2) is 8.08. The van der Waals surface area contributed by atoms with E-state index >= 15 is 0 Å². The first-order valence-electron chi connectivity index (χ1n) is 8.87. The third-order valence-electron chi connectivity index (χ3n) is 5.44. The number of hydrogen-bond acceptors (Lipinski definition) is 4. The van der Waals surface area contributed by atoms with E-state index < -0.39 is 0 Å². The molecule has 0 aromatic rings. The van der Waals surface area contributed by atoms with Gasteiger partial charge < -0.3 is 4.90 Å². The third kappa shape index (κ3) is 4.22. The third-order valence-corrected chi connectivity index (χ3v) is 6.47. The molecular weight excluding hydrogens is 344 g/mol. The number of alkyl halides is 1. The maximum absolute atomic E-state index is 11.8. The summed E-state index contributed by atoms with van der Waals surface area (Å²) in [6.45, 7) is 6.65. The zero-order valence-corrected chi connectivity index (χ0v) is 15.0. The molecule has 1 amide bonds. The first-order chi connectivity index (χ1) is 10.7. The molecule has 2 N–H and O–H groups in total. The normalized spacial score (nSPS) is 33.4. The number of carbonyl (C=O) groups excluding carboxylic acids is 1. The summed E-state index contributed by atoms with van der Waals surface area (Å²) in [5.74, 6) is 0.978. The van der Waals surface area contributed by atoms with Crippen molar-refractivity contribution in [3.05, 3.63) is 0 Å². The molecule has 1 saturated carbocycles. The number of nitrogens with zero attached hydrogens (tertiary/aromatic N) is 2. The van der Waals surface area contributed by atoms with E-state index in [1.165, 1.54) is 51.6 Å². The Morgan fingerprint density at radius 1 is 1.05 bits per heavy atom. The van der Waals surface area contributed by atoms with E-state index in [0.29, 0.717) is 0 Å². The molecule has 1 aliphatic carbocycles. The molecule has 0 radical (unpaired) electrons. The fourth-order valence-electron chi connectivity index (χ4n) is 4.14. The quantitative estimate of drug-likeness (QED) is 0.734. The summed E-state index contributed by atoms with van der Waals surface area (Å²) in [5.41, 5.74) is 5.73. The van der Waals surface area contributed by atoms with E-state index in [-0.39, 0.29) is 16.8 Å². The number of nitrogens with one attached hydrogen (secondary N) is 2. The van der Waals surface area contributed by atoms with Crippen LogP contribution in [0, 0.1) is 5.92 Å². The molecule has 3 fully saturated rings. The van der Waals surface area contributed by atoms with E-state index in [0.717, 1.165) is 32.1 Å². The average molecular weight is 373 g/mol. The number of hydrogen-bond donors (Lipinski definition) is 2. The minimum absolute atomic E-state index is 0.0551. The molecule has 6 heteroatoms. The van der Waals surface area contributed by atoms with Crippen molar-refractivity contribution in [3.63, 3.8) is 0 Å². The topological polar surface area (TPSA) is 47.6 Å². The van der Waals surface area contributed by atoms with Crippen LogP contribution in [0.5, 0.6) is 0 Å². The van der Waals surface area contributed by atoms with Gasteiger partial charge in [-0.05, 0) is 38.3 Å². The Morgan fingerprint density at radius 2 is 1.86 bits per heavy atom. The second-order valence-electron chi connectivity index (χ2n) is 7.03. The molecule has 0 aromatic carbocycles. The Kier molecular flexibility index (Phi) is 6.13. The molecule has 3 rings (SSSR count). The van der Waals surface area contributed by atoms with Crippen LogP contribution in [0.3, 0.4) is 0 Å². The van der Waals surface area contributed by atoms with Gasteiger partial charge in [0.2, 0.25) is 5.91 Å². The zero-order chi connectivity index (χ0) is 15.4. The van der Waals surface area contributed by atoms with Gasteiger partial charge in [-0.3, -0.25) is 15.1 Å². The number of hydrazine groups is 1. The van der Waals surface area contributed by atoms with Crippen molar-refractivity contribution in [2.24, 2.45) is 5.92 Å². The smallest absolute Gasteiger partial charge is 0.249 e. The van der Waals surface area contributed by atoms with E-state index in [2.05, 4.69) is 36.6 Å². The summed E-state index contributed by atoms with van der Waals surface area (Å²) in [6.07, 6.45) is 8.36. The molecule has 2 aliphatic heterocycles. The van der Waals surface area contributed by atoms with Gasteiger partial charge >= 0.3 is 0 Å². The standard InChI is InChI=1S/C16H29BrN4O/c17-15-14(11-18-19-16(15)22)21-8-4-7-20(9-10-21)12-13-5-2-1-3-6-13/h13-15,18H,1-12H2,(H,19,22). The predicted molar refractivity (Wildman–Crippen MR) is 91.9 cm³/mol. The molecule has 5 nitrogen and oxygen atoms in total. The highest BCUT2D eigenvalue weighted by Crippen LogP contribution is 2.25. The maximum atomic E-state index is 11.8. The first kappa shape index (κ1) is 16.7. The monoisotopic (exact) mass is 372 g/mol. The van der Waals surface area contributed by atoms with Crippen LogP contribution in [-0.2, 0) is 4.79 Å². The minimum atomic E-state index is -0.0985. The van der Waals surface area contributed by atoms with Crippen LogP contribution in [0.1, 0.15) is 38.5 Å². The van der Waals surface area contributed by atoms with Crippen LogP contribution in [0.4, 0.5) is 0 Å². The highest BCUT2D eigenvalue weighted by Gasteiger charge is 2.34. The summed E-state index contributed by atoms with van der Waals surface area (Å²) in [5, 5.41) is 0. The fraction of sp³-hybridized carbons (Fsp3) is 0.938. The Hall–Kier alpha value is -0.170. The van der Waals surface area contributed by atoms with Crippen LogP contribution in [0.15, 0.2) is 0 Å². The van der Waals surface area contributed by atoms with Gasteiger partial charge in [0.1, 0.15) is 4.83 Å². The molecule has 0 spiro atoms. The van der Waals surface area contributed by atoms with Gasteiger partial charge in [-0.25, -0.2) is 5.43 Å². The van der Waals surface area contributed by atoms with Gasteiger partial charge in [0.15, 0.2) is 0 Å². The average Bonchev–Trinajstić information content (AvgIpc) is 2.77. The summed E-state index contributed by atoms with van der Waals surface area (Å²) < 4.78 is 0. The van der Waals surface area contributed by atoms with Crippen molar-refractivity contribution >= 4 is 21.8 Å². The Morgan fingerprint density at radius 3 is 2.68 bits per heavy atom. The van der Waals surface area contributed by atoms with Crippen molar-refractivity contribution in [2.75, 3.05) is 39.3 Å². The van der Waals surface area contributed by atoms with Gasteiger partial charge in [-0.2, -0.15) is 0 Å². The molecule has 22 heavy (non-hydrogen) atoms. The van der Waals surface area contributed by atoms with Gasteiger partial charge in [0.05, 0.1) is 0 Å². The lowest BCUT2D eigenvalue weighted by atomic mass is 9.89. The summed E-state index contributed by atoms with van der Waals surface area (Å²) >= 11 is 3.57. The van der Waals surface area contributed by atoms with Crippen molar-refractivity contribution in [1.82, 2.24) is 20.7 Å². The molecular formula is C16H29BrN4O. The molecule has 2 atom stereocenters. The van der Waals surface area contributed by atoms with Gasteiger partial charge in [0.25, 0.3) is 0 Å².